The van der Waals surface area contributed by atoms with Gasteiger partial charge in [0.2, 0.25) is 0 Å². The van der Waals surface area contributed by atoms with Gasteiger partial charge in [-0.1, -0.05) is 50.6 Å². The van der Waals surface area contributed by atoms with Crippen LogP contribution < -0.4 is 5.06 Å². The van der Waals surface area contributed by atoms with Crippen LogP contribution in [-0.4, -0.2) is 33.6 Å². The van der Waals surface area contributed by atoms with Crippen molar-refractivity contribution >= 4 is 17.7 Å². The van der Waals surface area contributed by atoms with E-state index in [0.717, 1.165) is 23.5 Å². The maximum absolute atomic E-state index is 12.3. The number of rotatable bonds is 9. The predicted octanol–water partition coefficient (Wildman–Crippen LogP) is 3.24. The molecule has 7 nitrogen and oxygen atoms in total. The number of hydrogen-bond donors (Lipinski definition) is 1. The molecule has 7 heteroatoms. The number of benzene rings is 1. The van der Waals surface area contributed by atoms with Crippen LogP contribution in [0, 0.1) is 0 Å². The minimum atomic E-state index is -1.19. The Morgan fingerprint density at radius 3 is 2.50 bits per heavy atom. The predicted molar refractivity (Wildman–Crippen MR) is 96.9 cm³/mol. The number of hydroxylamine groups is 1. The number of carboxylic acids is 1. The molecule has 0 bridgehead atoms. The maximum Gasteiger partial charge on any atom is 0.341 e. The zero-order valence-electron chi connectivity index (χ0n) is 15.0. The Labute approximate surface area is 152 Å². The molecule has 0 aliphatic heterocycles. The summed E-state index contributed by atoms with van der Waals surface area (Å²) in [5.41, 5.74) is 1.14. The van der Waals surface area contributed by atoms with Crippen molar-refractivity contribution in [3.63, 3.8) is 0 Å². The zero-order valence-corrected chi connectivity index (χ0v) is 15.0. The van der Waals surface area contributed by atoms with Gasteiger partial charge in [-0.2, -0.15) is 5.06 Å². The quantitative estimate of drug-likeness (QED) is 0.547. The average Bonchev–Trinajstić information content (AvgIpc) is 2.65. The van der Waals surface area contributed by atoms with E-state index in [2.05, 4.69) is 9.97 Å². The Kier molecular flexibility index (Phi) is 7.23. The molecule has 1 aromatic heterocycles. The average molecular weight is 357 g/mol. The lowest BCUT2D eigenvalue weighted by Gasteiger charge is -2.22. The summed E-state index contributed by atoms with van der Waals surface area (Å²) in [4.78, 5) is 37.9. The fraction of sp³-hybridized carbons (Fsp3) is 0.368. The fourth-order valence-corrected chi connectivity index (χ4v) is 2.40. The lowest BCUT2D eigenvalue weighted by Crippen LogP contribution is -2.33. The van der Waals surface area contributed by atoms with Crippen molar-refractivity contribution in [2.24, 2.45) is 0 Å². The second-order valence-electron chi connectivity index (χ2n) is 5.71. The number of carbonyl (C=O) groups excluding carboxylic acids is 1. The summed E-state index contributed by atoms with van der Waals surface area (Å²) in [6.45, 7) is 3.99. The summed E-state index contributed by atoms with van der Waals surface area (Å²) in [6.07, 6.45) is 3.39. The van der Waals surface area contributed by atoms with Crippen molar-refractivity contribution < 1.29 is 19.5 Å². The second-order valence-corrected chi connectivity index (χ2v) is 5.71. The van der Waals surface area contributed by atoms with Gasteiger partial charge >= 0.3 is 5.97 Å². The third-order valence-electron chi connectivity index (χ3n) is 3.77. The summed E-state index contributed by atoms with van der Waals surface area (Å²) >= 11 is 0. The van der Waals surface area contributed by atoms with Crippen LogP contribution in [0.1, 0.15) is 54.7 Å². The number of anilines is 1. The molecule has 1 heterocycles. The fourth-order valence-electron chi connectivity index (χ4n) is 2.40. The molecule has 0 saturated carbocycles. The van der Waals surface area contributed by atoms with Gasteiger partial charge in [0.25, 0.3) is 5.91 Å². The van der Waals surface area contributed by atoms with E-state index in [9.17, 15) is 14.7 Å². The summed E-state index contributed by atoms with van der Waals surface area (Å²) in [7, 11) is 0. The van der Waals surface area contributed by atoms with E-state index >= 15 is 0 Å². The van der Waals surface area contributed by atoms with Gasteiger partial charge in [0.1, 0.15) is 11.9 Å². The van der Waals surface area contributed by atoms with E-state index in [-0.39, 0.29) is 23.7 Å². The molecule has 0 fully saturated rings. The van der Waals surface area contributed by atoms with E-state index in [0.29, 0.717) is 18.7 Å². The topological polar surface area (TPSA) is 92.6 Å². The first kappa shape index (κ1) is 19.5. The van der Waals surface area contributed by atoms with E-state index in [4.69, 9.17) is 4.84 Å². The molecule has 0 aliphatic carbocycles. The van der Waals surface area contributed by atoms with Crippen LogP contribution in [0.15, 0.2) is 36.7 Å². The Morgan fingerprint density at radius 2 is 1.88 bits per heavy atom. The standard InChI is InChI=1S/C19H23N3O4/c1-3-5-11-26-22(16(23)4-2)18-17(19(24)25)15(20-13-21-18)12-14-9-7-6-8-10-14/h6-10,13H,3-5,11-12H2,1-2H3,(H,24,25). The van der Waals surface area contributed by atoms with Crippen molar-refractivity contribution in [3.05, 3.63) is 53.5 Å². The van der Waals surface area contributed by atoms with Gasteiger partial charge in [-0.05, 0) is 12.0 Å². The SMILES string of the molecule is CCCCON(C(=O)CC)c1ncnc(Cc2ccccc2)c1C(=O)O. The first-order chi connectivity index (χ1) is 12.6. The number of unbranched alkanes of at least 4 members (excludes halogenated alkanes) is 1. The Balaban J connectivity index is 2.43. The molecule has 1 amide bonds. The van der Waals surface area contributed by atoms with Gasteiger partial charge < -0.3 is 5.11 Å². The van der Waals surface area contributed by atoms with Gasteiger partial charge in [-0.3, -0.25) is 9.63 Å². The summed E-state index contributed by atoms with van der Waals surface area (Å²) in [5.74, 6) is -1.58. The van der Waals surface area contributed by atoms with E-state index < -0.39 is 5.97 Å². The van der Waals surface area contributed by atoms with Gasteiger partial charge in [0.05, 0.1) is 12.3 Å². The van der Waals surface area contributed by atoms with Gasteiger partial charge in [0, 0.05) is 12.8 Å². The molecule has 0 spiro atoms. The Bertz CT molecular complexity index is 750. The van der Waals surface area contributed by atoms with E-state index in [1.807, 2.05) is 37.3 Å². The summed E-state index contributed by atoms with van der Waals surface area (Å²) in [5, 5.41) is 10.7. The molecule has 1 N–H and O–H groups in total. The van der Waals surface area contributed by atoms with Crippen molar-refractivity contribution in [1.29, 1.82) is 0 Å². The highest BCUT2D eigenvalue weighted by Gasteiger charge is 2.27. The summed E-state index contributed by atoms with van der Waals surface area (Å²) in [6, 6.07) is 9.41. The normalized spacial score (nSPS) is 10.5. The number of nitrogens with zero attached hydrogens (tertiary/aromatic N) is 3. The minimum Gasteiger partial charge on any atom is -0.477 e. The monoisotopic (exact) mass is 357 g/mol. The van der Waals surface area contributed by atoms with Crippen molar-refractivity contribution in [1.82, 2.24) is 9.97 Å². The Morgan fingerprint density at radius 1 is 1.15 bits per heavy atom. The first-order valence-electron chi connectivity index (χ1n) is 8.65. The second kappa shape index (κ2) is 9.62. The van der Waals surface area contributed by atoms with Crippen LogP contribution >= 0.6 is 0 Å². The molecule has 0 radical (unpaired) electrons. The summed E-state index contributed by atoms with van der Waals surface area (Å²) < 4.78 is 0. The third-order valence-corrected chi connectivity index (χ3v) is 3.77. The number of amides is 1. The van der Waals surface area contributed by atoms with Crippen LogP contribution in [-0.2, 0) is 16.1 Å². The smallest absolute Gasteiger partial charge is 0.341 e. The highest BCUT2D eigenvalue weighted by Crippen LogP contribution is 2.23. The molecule has 2 aromatic rings. The molecule has 138 valence electrons. The van der Waals surface area contributed by atoms with Crippen molar-refractivity contribution in [2.45, 2.75) is 39.5 Å². The number of carbonyl (C=O) groups is 2. The molecule has 2 rings (SSSR count). The minimum absolute atomic E-state index is 0.0265. The number of hydrogen-bond acceptors (Lipinski definition) is 5. The zero-order chi connectivity index (χ0) is 18.9. The highest BCUT2D eigenvalue weighted by molar-refractivity contribution is 6.00. The lowest BCUT2D eigenvalue weighted by molar-refractivity contribution is -0.125. The van der Waals surface area contributed by atoms with Gasteiger partial charge in [-0.25, -0.2) is 14.8 Å². The molecule has 26 heavy (non-hydrogen) atoms. The van der Waals surface area contributed by atoms with Crippen LogP contribution in [0.3, 0.4) is 0 Å². The number of aromatic carboxylic acids is 1. The van der Waals surface area contributed by atoms with E-state index in [1.54, 1.807) is 6.92 Å². The van der Waals surface area contributed by atoms with E-state index in [1.165, 1.54) is 6.33 Å². The Hall–Kier alpha value is -2.80. The van der Waals surface area contributed by atoms with Crippen LogP contribution in [0.5, 0.6) is 0 Å². The molecule has 1 aromatic carbocycles. The maximum atomic E-state index is 12.3. The molecule has 0 atom stereocenters. The van der Waals surface area contributed by atoms with Gasteiger partial charge in [-0.15, -0.1) is 0 Å². The molecular formula is C19H23N3O4. The van der Waals surface area contributed by atoms with Crippen molar-refractivity contribution in [3.8, 4) is 0 Å². The molecule has 0 saturated heterocycles. The van der Waals surface area contributed by atoms with Crippen LogP contribution in [0.4, 0.5) is 5.82 Å². The lowest BCUT2D eigenvalue weighted by atomic mass is 10.1. The van der Waals surface area contributed by atoms with Crippen molar-refractivity contribution in [2.75, 3.05) is 11.7 Å². The largest absolute Gasteiger partial charge is 0.477 e. The number of carboxylic acid groups (broad SMARTS) is 1. The molecular weight excluding hydrogens is 334 g/mol. The highest BCUT2D eigenvalue weighted by atomic mass is 16.7. The first-order valence-corrected chi connectivity index (χ1v) is 8.65. The van der Waals surface area contributed by atoms with Crippen LogP contribution in [0.2, 0.25) is 0 Å². The number of aromatic nitrogens is 2. The van der Waals surface area contributed by atoms with Gasteiger partial charge in [0.15, 0.2) is 5.82 Å². The third kappa shape index (κ3) is 4.86. The molecule has 0 unspecified atom stereocenters. The molecule has 0 aliphatic rings. The van der Waals surface area contributed by atoms with Crippen LogP contribution in [0.25, 0.3) is 0 Å².